The summed E-state index contributed by atoms with van der Waals surface area (Å²) >= 11 is 0. The Labute approximate surface area is 131 Å². The molecule has 0 aromatic heterocycles. The van der Waals surface area contributed by atoms with Crippen LogP contribution in [0.5, 0.6) is 0 Å². The first-order chi connectivity index (χ1) is 10.5. The van der Waals surface area contributed by atoms with Gasteiger partial charge in [0.1, 0.15) is 5.69 Å². The maximum Gasteiger partial charge on any atom is 0.292 e. The maximum absolute atomic E-state index is 11.7. The number of nitro groups is 1. The highest BCUT2D eigenvalue weighted by molar-refractivity contribution is 5.95. The van der Waals surface area contributed by atoms with Crippen molar-refractivity contribution in [3.05, 3.63) is 33.9 Å². The molecule has 1 rings (SSSR count). The Bertz CT molecular complexity index is 517. The number of benzene rings is 1. The average molecular weight is 307 g/mol. The van der Waals surface area contributed by atoms with E-state index in [9.17, 15) is 14.9 Å². The number of nitrogens with zero attached hydrogens (tertiary/aromatic N) is 1. The van der Waals surface area contributed by atoms with Crippen molar-refractivity contribution in [3.8, 4) is 0 Å². The van der Waals surface area contributed by atoms with E-state index >= 15 is 0 Å². The smallest absolute Gasteiger partial charge is 0.292 e. The maximum atomic E-state index is 11.7. The molecule has 6 heteroatoms. The van der Waals surface area contributed by atoms with Crippen molar-refractivity contribution in [2.75, 3.05) is 18.9 Å². The normalized spacial score (nSPS) is 11.8. The molecule has 6 nitrogen and oxygen atoms in total. The second-order valence-corrected chi connectivity index (χ2v) is 5.37. The summed E-state index contributed by atoms with van der Waals surface area (Å²) in [6.45, 7) is 4.95. The Morgan fingerprint density at radius 3 is 2.64 bits per heavy atom. The molecule has 2 N–H and O–H groups in total. The summed E-state index contributed by atoms with van der Waals surface area (Å²) in [5.41, 5.74) is 0.816. The predicted octanol–water partition coefficient (Wildman–Crippen LogP) is 3.58. The standard InChI is InChI=1S/C16H25N3O3/c1-4-6-7-12(5-2)11-18-14-10-13(16(20)17-3)8-9-15(14)19(21)22/h8-10,12,18H,4-7,11H2,1-3H3,(H,17,20). The molecule has 0 aliphatic rings. The van der Waals surface area contributed by atoms with Gasteiger partial charge in [-0.2, -0.15) is 0 Å². The SMILES string of the molecule is CCCCC(CC)CNc1cc(C(=O)NC)ccc1[N+](=O)[O-]. The Balaban J connectivity index is 2.89. The number of nitrogens with one attached hydrogen (secondary N) is 2. The molecular formula is C16H25N3O3. The molecule has 22 heavy (non-hydrogen) atoms. The molecule has 0 saturated heterocycles. The van der Waals surface area contributed by atoms with Crippen LogP contribution in [0, 0.1) is 16.0 Å². The van der Waals surface area contributed by atoms with E-state index < -0.39 is 4.92 Å². The Kier molecular flexibility index (Phi) is 7.36. The first-order valence-electron chi connectivity index (χ1n) is 7.77. The van der Waals surface area contributed by atoms with Crippen LogP contribution in [-0.2, 0) is 0 Å². The van der Waals surface area contributed by atoms with Crippen molar-refractivity contribution in [1.29, 1.82) is 0 Å². The third-order valence-corrected chi connectivity index (χ3v) is 3.81. The summed E-state index contributed by atoms with van der Waals surface area (Å²) in [6, 6.07) is 4.39. The van der Waals surface area contributed by atoms with Crippen LogP contribution in [0.3, 0.4) is 0 Å². The summed E-state index contributed by atoms with van der Waals surface area (Å²) in [7, 11) is 1.54. The van der Waals surface area contributed by atoms with Gasteiger partial charge in [0.15, 0.2) is 0 Å². The van der Waals surface area contributed by atoms with Crippen molar-refractivity contribution < 1.29 is 9.72 Å². The fourth-order valence-electron chi connectivity index (χ4n) is 2.32. The van der Waals surface area contributed by atoms with E-state index in [0.29, 0.717) is 23.7 Å². The van der Waals surface area contributed by atoms with Gasteiger partial charge in [-0.15, -0.1) is 0 Å². The second-order valence-electron chi connectivity index (χ2n) is 5.37. The summed E-state index contributed by atoms with van der Waals surface area (Å²) in [5.74, 6) is 0.221. The zero-order chi connectivity index (χ0) is 16.5. The van der Waals surface area contributed by atoms with E-state index in [1.807, 2.05) is 0 Å². The van der Waals surface area contributed by atoms with Crippen molar-refractivity contribution in [3.63, 3.8) is 0 Å². The zero-order valence-electron chi connectivity index (χ0n) is 13.5. The number of carbonyl (C=O) groups is 1. The molecule has 1 aromatic rings. The molecule has 0 radical (unpaired) electrons. The van der Waals surface area contributed by atoms with Crippen LogP contribution in [0.4, 0.5) is 11.4 Å². The van der Waals surface area contributed by atoms with Crippen LogP contribution in [0.2, 0.25) is 0 Å². The zero-order valence-corrected chi connectivity index (χ0v) is 13.5. The van der Waals surface area contributed by atoms with Gasteiger partial charge in [-0.1, -0.05) is 33.1 Å². The average Bonchev–Trinajstić information content (AvgIpc) is 2.53. The molecule has 1 atom stereocenters. The number of unbranched alkanes of at least 4 members (excludes halogenated alkanes) is 1. The van der Waals surface area contributed by atoms with E-state index in [4.69, 9.17) is 0 Å². The largest absolute Gasteiger partial charge is 0.379 e. The molecule has 0 bridgehead atoms. The van der Waals surface area contributed by atoms with Gasteiger partial charge in [-0.25, -0.2) is 0 Å². The van der Waals surface area contributed by atoms with Gasteiger partial charge in [0, 0.05) is 25.2 Å². The lowest BCUT2D eigenvalue weighted by Gasteiger charge is -2.16. The fraction of sp³-hybridized carbons (Fsp3) is 0.562. The molecule has 0 saturated carbocycles. The van der Waals surface area contributed by atoms with Crippen LogP contribution < -0.4 is 10.6 Å². The molecule has 1 aromatic carbocycles. The van der Waals surface area contributed by atoms with E-state index in [2.05, 4.69) is 24.5 Å². The van der Waals surface area contributed by atoms with Crippen molar-refractivity contribution in [1.82, 2.24) is 5.32 Å². The van der Waals surface area contributed by atoms with E-state index in [1.165, 1.54) is 19.2 Å². The van der Waals surface area contributed by atoms with Gasteiger partial charge in [0.05, 0.1) is 4.92 Å². The first-order valence-corrected chi connectivity index (χ1v) is 7.77. The fourth-order valence-corrected chi connectivity index (χ4v) is 2.32. The minimum Gasteiger partial charge on any atom is -0.379 e. The number of carbonyl (C=O) groups excluding carboxylic acids is 1. The molecule has 0 aliphatic carbocycles. The molecule has 0 spiro atoms. The number of hydrogen-bond donors (Lipinski definition) is 2. The lowest BCUT2D eigenvalue weighted by atomic mass is 9.99. The highest BCUT2D eigenvalue weighted by atomic mass is 16.6. The molecule has 0 fully saturated rings. The number of amides is 1. The minimum absolute atomic E-state index is 0.00185. The number of anilines is 1. The summed E-state index contributed by atoms with van der Waals surface area (Å²) in [5, 5.41) is 16.8. The Morgan fingerprint density at radius 2 is 2.09 bits per heavy atom. The highest BCUT2D eigenvalue weighted by Crippen LogP contribution is 2.26. The van der Waals surface area contributed by atoms with Gasteiger partial charge in [-0.3, -0.25) is 14.9 Å². The summed E-state index contributed by atoms with van der Waals surface area (Å²) in [6.07, 6.45) is 4.42. The lowest BCUT2D eigenvalue weighted by Crippen LogP contribution is -2.19. The molecular weight excluding hydrogens is 282 g/mol. The van der Waals surface area contributed by atoms with Crippen LogP contribution in [0.1, 0.15) is 49.9 Å². The summed E-state index contributed by atoms with van der Waals surface area (Å²) in [4.78, 5) is 22.4. The first kappa shape index (κ1) is 17.9. The molecule has 1 amide bonds. The third kappa shape index (κ3) is 5.02. The van der Waals surface area contributed by atoms with Crippen LogP contribution >= 0.6 is 0 Å². The van der Waals surface area contributed by atoms with E-state index in [-0.39, 0.29) is 11.6 Å². The topological polar surface area (TPSA) is 84.3 Å². The quantitative estimate of drug-likeness (QED) is 0.539. The van der Waals surface area contributed by atoms with Crippen LogP contribution in [0.15, 0.2) is 18.2 Å². The van der Waals surface area contributed by atoms with E-state index in [1.54, 1.807) is 6.07 Å². The third-order valence-electron chi connectivity index (χ3n) is 3.81. The lowest BCUT2D eigenvalue weighted by molar-refractivity contribution is -0.384. The molecule has 0 aliphatic heterocycles. The molecule has 0 heterocycles. The van der Waals surface area contributed by atoms with E-state index in [0.717, 1.165) is 25.7 Å². The number of nitro benzene ring substituents is 1. The predicted molar refractivity (Wildman–Crippen MR) is 88.3 cm³/mol. The number of hydrogen-bond acceptors (Lipinski definition) is 4. The van der Waals surface area contributed by atoms with Gasteiger partial charge in [0.25, 0.3) is 11.6 Å². The minimum atomic E-state index is -0.428. The van der Waals surface area contributed by atoms with Gasteiger partial charge < -0.3 is 10.6 Å². The Hall–Kier alpha value is -2.11. The van der Waals surface area contributed by atoms with Crippen LogP contribution in [-0.4, -0.2) is 24.4 Å². The van der Waals surface area contributed by atoms with Crippen molar-refractivity contribution in [2.45, 2.75) is 39.5 Å². The van der Waals surface area contributed by atoms with Gasteiger partial charge in [-0.05, 0) is 24.5 Å². The summed E-state index contributed by atoms with van der Waals surface area (Å²) < 4.78 is 0. The van der Waals surface area contributed by atoms with Crippen molar-refractivity contribution >= 4 is 17.3 Å². The van der Waals surface area contributed by atoms with Crippen LogP contribution in [0.25, 0.3) is 0 Å². The van der Waals surface area contributed by atoms with Crippen molar-refractivity contribution in [2.24, 2.45) is 5.92 Å². The van der Waals surface area contributed by atoms with Gasteiger partial charge >= 0.3 is 0 Å². The monoisotopic (exact) mass is 307 g/mol. The second kappa shape index (κ2) is 9.02. The number of rotatable bonds is 9. The Morgan fingerprint density at radius 1 is 1.36 bits per heavy atom. The highest BCUT2D eigenvalue weighted by Gasteiger charge is 2.17. The molecule has 122 valence electrons. The van der Waals surface area contributed by atoms with Gasteiger partial charge in [0.2, 0.25) is 0 Å². The molecule has 1 unspecified atom stereocenters.